The van der Waals surface area contributed by atoms with E-state index < -0.39 is 4.92 Å². The third-order valence-corrected chi connectivity index (χ3v) is 4.13. The summed E-state index contributed by atoms with van der Waals surface area (Å²) in [5.41, 5.74) is 3.23. The molecule has 0 amide bonds. The summed E-state index contributed by atoms with van der Waals surface area (Å²) in [5, 5.41) is 11.7. The fraction of sp³-hybridized carbons (Fsp3) is 0.167. The minimum absolute atomic E-state index is 0.0576. The lowest BCUT2D eigenvalue weighted by molar-refractivity contribution is -0.384. The van der Waals surface area contributed by atoms with Gasteiger partial charge in [-0.05, 0) is 43.5 Å². The van der Waals surface area contributed by atoms with E-state index in [2.05, 4.69) is 0 Å². The van der Waals surface area contributed by atoms with Gasteiger partial charge in [-0.25, -0.2) is 0 Å². The Hall–Kier alpha value is -2.95. The smallest absolute Gasteiger partial charge is 0.269 e. The quantitative estimate of drug-likeness (QED) is 0.530. The predicted octanol–water partition coefficient (Wildman–Crippen LogP) is 4.42. The number of aryl methyl sites for hydroxylation is 1. The highest BCUT2D eigenvalue weighted by molar-refractivity contribution is 5.87. The molecule has 0 fully saturated rings. The lowest BCUT2D eigenvalue weighted by Crippen LogP contribution is -1.96. The van der Waals surface area contributed by atoms with Crippen LogP contribution in [0.2, 0.25) is 0 Å². The monoisotopic (exact) mass is 306 g/mol. The number of nitro groups is 1. The largest absolute Gasteiger partial charge is 0.456 e. The van der Waals surface area contributed by atoms with Crippen LogP contribution in [0.5, 0.6) is 11.5 Å². The van der Waals surface area contributed by atoms with Crippen LogP contribution >= 0.6 is 0 Å². The Morgan fingerprint density at radius 1 is 1.04 bits per heavy atom. The second-order valence-corrected chi connectivity index (χ2v) is 5.59. The van der Waals surface area contributed by atoms with E-state index in [0.717, 1.165) is 47.2 Å². The summed E-state index contributed by atoms with van der Waals surface area (Å²) in [6, 6.07) is 14.1. The van der Waals surface area contributed by atoms with Crippen LogP contribution in [0.25, 0.3) is 10.9 Å². The maximum Gasteiger partial charge on any atom is 0.269 e. The van der Waals surface area contributed by atoms with Gasteiger partial charge in [0.15, 0.2) is 0 Å². The van der Waals surface area contributed by atoms with Gasteiger partial charge in [-0.3, -0.25) is 15.1 Å². The molecule has 1 heterocycles. The van der Waals surface area contributed by atoms with Gasteiger partial charge in [-0.15, -0.1) is 0 Å². The average molecular weight is 306 g/mol. The first-order valence-corrected chi connectivity index (χ1v) is 7.55. The van der Waals surface area contributed by atoms with E-state index in [1.807, 2.05) is 24.3 Å². The van der Waals surface area contributed by atoms with Crippen molar-refractivity contribution < 1.29 is 9.66 Å². The Kier molecular flexibility index (Phi) is 3.19. The molecule has 4 rings (SSSR count). The molecule has 5 nitrogen and oxygen atoms in total. The second-order valence-electron chi connectivity index (χ2n) is 5.59. The number of fused-ring (bicyclic) bond motifs is 2. The highest BCUT2D eigenvalue weighted by atomic mass is 16.6. The summed E-state index contributed by atoms with van der Waals surface area (Å²) >= 11 is 0. The van der Waals surface area contributed by atoms with Crippen LogP contribution < -0.4 is 4.74 Å². The van der Waals surface area contributed by atoms with E-state index in [9.17, 15) is 10.1 Å². The number of non-ortho nitro benzene ring substituents is 1. The lowest BCUT2D eigenvalue weighted by Gasteiger charge is -2.13. The SMILES string of the molecule is O=[N+]([O-])c1ccc(Oc2c3c(nc4ccccc24)CCC3)cc1. The molecule has 3 aromatic rings. The number of benzene rings is 2. The zero-order valence-electron chi connectivity index (χ0n) is 12.4. The number of hydrogen-bond donors (Lipinski definition) is 0. The Morgan fingerprint density at radius 3 is 2.61 bits per heavy atom. The molecule has 1 aliphatic carbocycles. The third-order valence-electron chi connectivity index (χ3n) is 4.13. The Balaban J connectivity index is 1.80. The van der Waals surface area contributed by atoms with Gasteiger partial charge in [-0.1, -0.05) is 12.1 Å². The first kappa shape index (κ1) is 13.7. The summed E-state index contributed by atoms with van der Waals surface area (Å²) in [6.45, 7) is 0. The predicted molar refractivity (Wildman–Crippen MR) is 86.9 cm³/mol. The van der Waals surface area contributed by atoms with Crippen molar-refractivity contribution >= 4 is 16.6 Å². The van der Waals surface area contributed by atoms with E-state index in [0.29, 0.717) is 5.75 Å². The molecule has 5 heteroatoms. The molecule has 0 radical (unpaired) electrons. The van der Waals surface area contributed by atoms with Crippen LogP contribution in [0, 0.1) is 10.1 Å². The van der Waals surface area contributed by atoms with Crippen molar-refractivity contribution in [2.45, 2.75) is 19.3 Å². The summed E-state index contributed by atoms with van der Waals surface area (Å²) in [5.74, 6) is 1.43. The van der Waals surface area contributed by atoms with Crippen LogP contribution in [0.4, 0.5) is 5.69 Å². The molecule has 0 aliphatic heterocycles. The Bertz CT molecular complexity index is 904. The molecular weight excluding hydrogens is 292 g/mol. The molecule has 0 bridgehead atoms. The molecule has 0 saturated heterocycles. The van der Waals surface area contributed by atoms with E-state index in [1.165, 1.54) is 12.1 Å². The molecule has 2 aromatic carbocycles. The summed E-state index contributed by atoms with van der Waals surface area (Å²) in [4.78, 5) is 15.1. The minimum atomic E-state index is -0.413. The number of rotatable bonds is 3. The third kappa shape index (κ3) is 2.40. The van der Waals surface area contributed by atoms with Crippen molar-refractivity contribution in [2.24, 2.45) is 0 Å². The summed E-state index contributed by atoms with van der Waals surface area (Å²) in [7, 11) is 0. The molecule has 1 aromatic heterocycles. The second kappa shape index (κ2) is 5.35. The number of aromatic nitrogens is 1. The van der Waals surface area contributed by atoms with Gasteiger partial charge in [0.25, 0.3) is 5.69 Å². The zero-order chi connectivity index (χ0) is 15.8. The van der Waals surface area contributed by atoms with Gasteiger partial charge in [-0.2, -0.15) is 0 Å². The van der Waals surface area contributed by atoms with Crippen molar-refractivity contribution in [2.75, 3.05) is 0 Å². The van der Waals surface area contributed by atoms with Gasteiger partial charge in [0.2, 0.25) is 0 Å². The van der Waals surface area contributed by atoms with Crippen LogP contribution in [-0.2, 0) is 12.8 Å². The number of para-hydroxylation sites is 1. The van der Waals surface area contributed by atoms with E-state index in [4.69, 9.17) is 9.72 Å². The van der Waals surface area contributed by atoms with Crippen LogP contribution in [-0.4, -0.2) is 9.91 Å². The fourth-order valence-corrected chi connectivity index (χ4v) is 3.04. The van der Waals surface area contributed by atoms with Gasteiger partial charge in [0, 0.05) is 28.8 Å². The standard InChI is InChI=1S/C18H14N2O3/c21-20(22)12-8-10-13(11-9-12)23-18-14-4-1-2-6-16(14)19-17-7-3-5-15(17)18/h1-2,4,6,8-11H,3,5,7H2. The normalized spacial score (nSPS) is 13.0. The topological polar surface area (TPSA) is 65.3 Å². The summed E-state index contributed by atoms with van der Waals surface area (Å²) < 4.78 is 6.11. The van der Waals surface area contributed by atoms with Crippen molar-refractivity contribution in [1.82, 2.24) is 4.98 Å². The van der Waals surface area contributed by atoms with Crippen LogP contribution in [0.15, 0.2) is 48.5 Å². The maximum absolute atomic E-state index is 10.8. The van der Waals surface area contributed by atoms with Crippen molar-refractivity contribution in [3.63, 3.8) is 0 Å². The highest BCUT2D eigenvalue weighted by Gasteiger charge is 2.21. The molecule has 0 saturated carbocycles. The molecule has 114 valence electrons. The van der Waals surface area contributed by atoms with Crippen LogP contribution in [0.1, 0.15) is 17.7 Å². The van der Waals surface area contributed by atoms with Gasteiger partial charge in [0.05, 0.1) is 10.4 Å². The molecule has 1 aliphatic rings. The van der Waals surface area contributed by atoms with Gasteiger partial charge in [0.1, 0.15) is 11.5 Å². The van der Waals surface area contributed by atoms with Crippen molar-refractivity contribution in [3.05, 3.63) is 69.9 Å². The van der Waals surface area contributed by atoms with Gasteiger partial charge < -0.3 is 4.74 Å². The minimum Gasteiger partial charge on any atom is -0.456 e. The molecule has 23 heavy (non-hydrogen) atoms. The fourth-order valence-electron chi connectivity index (χ4n) is 3.04. The molecule has 0 unspecified atom stereocenters. The van der Waals surface area contributed by atoms with E-state index >= 15 is 0 Å². The molecule has 0 atom stereocenters. The molecule has 0 N–H and O–H groups in total. The number of nitrogens with zero attached hydrogens (tertiary/aromatic N) is 2. The number of pyridine rings is 1. The Morgan fingerprint density at radius 2 is 1.83 bits per heavy atom. The summed E-state index contributed by atoms with van der Waals surface area (Å²) in [6.07, 6.45) is 3.00. The average Bonchev–Trinajstić information content (AvgIpc) is 3.03. The highest BCUT2D eigenvalue weighted by Crippen LogP contribution is 2.38. The molecule has 0 spiro atoms. The van der Waals surface area contributed by atoms with E-state index in [1.54, 1.807) is 12.1 Å². The molecular formula is C18H14N2O3. The Labute approximate surface area is 132 Å². The number of ether oxygens (including phenoxy) is 1. The van der Waals surface area contributed by atoms with Crippen LogP contribution in [0.3, 0.4) is 0 Å². The maximum atomic E-state index is 10.8. The lowest BCUT2D eigenvalue weighted by atomic mass is 10.1. The number of nitro benzene ring substituents is 1. The van der Waals surface area contributed by atoms with E-state index in [-0.39, 0.29) is 5.69 Å². The first-order chi connectivity index (χ1) is 11.2. The first-order valence-electron chi connectivity index (χ1n) is 7.55. The van der Waals surface area contributed by atoms with Crippen molar-refractivity contribution in [1.29, 1.82) is 0 Å². The van der Waals surface area contributed by atoms with Gasteiger partial charge >= 0.3 is 0 Å². The zero-order valence-corrected chi connectivity index (χ0v) is 12.4. The number of hydrogen-bond acceptors (Lipinski definition) is 4. The van der Waals surface area contributed by atoms with Crippen molar-refractivity contribution in [3.8, 4) is 11.5 Å².